The zero-order chi connectivity index (χ0) is 12.8. The van der Waals surface area contributed by atoms with Crippen molar-refractivity contribution in [2.24, 2.45) is 0 Å². The Bertz CT molecular complexity index is 395. The average molecular weight is 258 g/mol. The van der Waals surface area contributed by atoms with E-state index in [2.05, 4.69) is 0 Å². The highest BCUT2D eigenvalue weighted by Crippen LogP contribution is 2.28. The Morgan fingerprint density at radius 2 is 2.18 bits per heavy atom. The number of ether oxygens (including phenoxy) is 2. The van der Waals surface area contributed by atoms with E-state index in [0.29, 0.717) is 17.4 Å². The number of benzene rings is 1. The summed E-state index contributed by atoms with van der Waals surface area (Å²) in [6, 6.07) is 5.31. The van der Waals surface area contributed by atoms with Crippen LogP contribution in [0.3, 0.4) is 0 Å². The first-order valence-electron chi connectivity index (χ1n) is 5.28. The summed E-state index contributed by atoms with van der Waals surface area (Å²) in [5.74, 6) is 0.408. The Labute approximate surface area is 106 Å². The molecule has 0 aliphatic heterocycles. The highest BCUT2D eigenvalue weighted by atomic mass is 35.5. The second-order valence-electron chi connectivity index (χ2n) is 3.48. The van der Waals surface area contributed by atoms with Crippen LogP contribution in [0.5, 0.6) is 5.75 Å². The number of halogens is 1. The molecule has 0 aromatic heterocycles. The molecular formula is C12H16ClNO3. The van der Waals surface area contributed by atoms with E-state index in [1.54, 1.807) is 44.2 Å². The molecule has 0 amide bonds. The molecule has 0 saturated heterocycles. The maximum atomic E-state index is 11.3. The van der Waals surface area contributed by atoms with Crippen molar-refractivity contribution in [3.8, 4) is 5.75 Å². The standard InChI is InChI=1S/C12H16ClNO3/c1-4-17-12(15)8-14(2)11-6-5-9(16-3)7-10(11)13/h5-7H,4,8H2,1-3H3. The van der Waals surface area contributed by atoms with Gasteiger partial charge >= 0.3 is 5.97 Å². The third-order valence-corrected chi connectivity index (χ3v) is 2.54. The molecule has 0 unspecified atom stereocenters. The predicted octanol–water partition coefficient (Wildman–Crippen LogP) is 2.35. The molecular weight excluding hydrogens is 242 g/mol. The summed E-state index contributed by atoms with van der Waals surface area (Å²) in [7, 11) is 3.36. The molecule has 0 bridgehead atoms. The second kappa shape index (κ2) is 6.35. The summed E-state index contributed by atoms with van der Waals surface area (Å²) in [6.07, 6.45) is 0. The Kier molecular flexibility index (Phi) is 5.10. The van der Waals surface area contributed by atoms with Gasteiger partial charge < -0.3 is 14.4 Å². The quantitative estimate of drug-likeness (QED) is 0.759. The van der Waals surface area contributed by atoms with Crippen molar-refractivity contribution in [3.63, 3.8) is 0 Å². The molecule has 0 aliphatic carbocycles. The predicted molar refractivity (Wildman–Crippen MR) is 67.9 cm³/mol. The third-order valence-electron chi connectivity index (χ3n) is 2.24. The molecule has 0 saturated carbocycles. The number of carbonyl (C=O) groups excluding carboxylic acids is 1. The summed E-state index contributed by atoms with van der Waals surface area (Å²) in [5.41, 5.74) is 0.764. The second-order valence-corrected chi connectivity index (χ2v) is 3.89. The van der Waals surface area contributed by atoms with E-state index in [4.69, 9.17) is 21.1 Å². The van der Waals surface area contributed by atoms with Gasteiger partial charge in [-0.25, -0.2) is 0 Å². The number of hydrogen-bond donors (Lipinski definition) is 0. The van der Waals surface area contributed by atoms with E-state index in [1.807, 2.05) is 0 Å². The van der Waals surface area contributed by atoms with Gasteiger partial charge in [0.05, 0.1) is 24.4 Å². The number of nitrogens with zero attached hydrogens (tertiary/aromatic N) is 1. The molecule has 0 N–H and O–H groups in total. The van der Waals surface area contributed by atoms with Crippen molar-refractivity contribution < 1.29 is 14.3 Å². The number of carbonyl (C=O) groups is 1. The van der Waals surface area contributed by atoms with Gasteiger partial charge in [0.2, 0.25) is 0 Å². The molecule has 1 aromatic carbocycles. The lowest BCUT2D eigenvalue weighted by Crippen LogP contribution is -2.27. The minimum Gasteiger partial charge on any atom is -0.497 e. The van der Waals surface area contributed by atoms with Gasteiger partial charge in [0.25, 0.3) is 0 Å². The van der Waals surface area contributed by atoms with Gasteiger partial charge in [-0.2, -0.15) is 0 Å². The summed E-state index contributed by atoms with van der Waals surface area (Å²) in [6.45, 7) is 2.32. The van der Waals surface area contributed by atoms with Gasteiger partial charge in [-0.3, -0.25) is 4.79 Å². The van der Waals surface area contributed by atoms with Crippen molar-refractivity contribution in [1.82, 2.24) is 0 Å². The monoisotopic (exact) mass is 257 g/mol. The molecule has 0 atom stereocenters. The van der Waals surface area contributed by atoms with Gasteiger partial charge in [0.1, 0.15) is 12.3 Å². The minimum atomic E-state index is -0.276. The van der Waals surface area contributed by atoms with Crippen LogP contribution >= 0.6 is 11.6 Å². The van der Waals surface area contributed by atoms with Crippen LogP contribution in [0.2, 0.25) is 5.02 Å². The van der Waals surface area contributed by atoms with Crippen LogP contribution < -0.4 is 9.64 Å². The zero-order valence-electron chi connectivity index (χ0n) is 10.2. The van der Waals surface area contributed by atoms with Crippen LogP contribution in [0, 0.1) is 0 Å². The smallest absolute Gasteiger partial charge is 0.325 e. The zero-order valence-corrected chi connectivity index (χ0v) is 11.0. The highest BCUT2D eigenvalue weighted by molar-refractivity contribution is 6.33. The minimum absolute atomic E-state index is 0.167. The maximum Gasteiger partial charge on any atom is 0.325 e. The van der Waals surface area contributed by atoms with Crippen LogP contribution in [-0.4, -0.2) is 33.3 Å². The molecule has 0 heterocycles. The first-order valence-corrected chi connectivity index (χ1v) is 5.66. The van der Waals surface area contributed by atoms with Gasteiger partial charge in [-0.05, 0) is 19.1 Å². The van der Waals surface area contributed by atoms with Crippen LogP contribution in [0.15, 0.2) is 18.2 Å². The van der Waals surface area contributed by atoms with E-state index in [0.717, 1.165) is 5.69 Å². The SMILES string of the molecule is CCOC(=O)CN(C)c1ccc(OC)cc1Cl. The normalized spacial score (nSPS) is 9.88. The fraction of sp³-hybridized carbons (Fsp3) is 0.417. The van der Waals surface area contributed by atoms with Crippen molar-refractivity contribution in [1.29, 1.82) is 0 Å². The first-order chi connectivity index (χ1) is 8.08. The summed E-state index contributed by atoms with van der Waals surface area (Å²) >= 11 is 6.09. The maximum absolute atomic E-state index is 11.3. The lowest BCUT2D eigenvalue weighted by atomic mass is 10.3. The molecule has 0 radical (unpaired) electrons. The molecule has 5 heteroatoms. The number of anilines is 1. The lowest BCUT2D eigenvalue weighted by Gasteiger charge is -2.19. The van der Waals surface area contributed by atoms with Gasteiger partial charge in [-0.15, -0.1) is 0 Å². The number of hydrogen-bond acceptors (Lipinski definition) is 4. The molecule has 0 aliphatic rings. The van der Waals surface area contributed by atoms with Gasteiger partial charge in [0.15, 0.2) is 0 Å². The van der Waals surface area contributed by atoms with E-state index in [9.17, 15) is 4.79 Å². The van der Waals surface area contributed by atoms with Crippen molar-refractivity contribution in [2.45, 2.75) is 6.92 Å². The first kappa shape index (κ1) is 13.6. The summed E-state index contributed by atoms with van der Waals surface area (Å²) in [4.78, 5) is 13.1. The third kappa shape index (κ3) is 3.82. The summed E-state index contributed by atoms with van der Waals surface area (Å²) in [5, 5.41) is 0.538. The molecule has 1 aromatic rings. The van der Waals surface area contributed by atoms with Gasteiger partial charge in [-0.1, -0.05) is 11.6 Å². The highest BCUT2D eigenvalue weighted by Gasteiger charge is 2.11. The van der Waals surface area contributed by atoms with Crippen molar-refractivity contribution in [2.75, 3.05) is 32.2 Å². The molecule has 4 nitrogen and oxygen atoms in total. The number of methoxy groups -OCH3 is 1. The Morgan fingerprint density at radius 1 is 1.47 bits per heavy atom. The van der Waals surface area contributed by atoms with Crippen LogP contribution in [0.1, 0.15) is 6.92 Å². The largest absolute Gasteiger partial charge is 0.497 e. The van der Waals surface area contributed by atoms with E-state index < -0.39 is 0 Å². The topological polar surface area (TPSA) is 38.8 Å². The Balaban J connectivity index is 2.75. The number of esters is 1. The Hall–Kier alpha value is -1.42. The van der Waals surface area contributed by atoms with Crippen molar-refractivity contribution in [3.05, 3.63) is 23.2 Å². The Morgan fingerprint density at radius 3 is 2.71 bits per heavy atom. The van der Waals surface area contributed by atoms with Gasteiger partial charge in [0, 0.05) is 13.1 Å². The van der Waals surface area contributed by atoms with Crippen LogP contribution in [0.4, 0.5) is 5.69 Å². The molecule has 17 heavy (non-hydrogen) atoms. The molecule has 0 fully saturated rings. The van der Waals surface area contributed by atoms with E-state index >= 15 is 0 Å². The summed E-state index contributed by atoms with van der Waals surface area (Å²) < 4.78 is 9.93. The number of likely N-dealkylation sites (N-methyl/N-ethyl adjacent to an activating group) is 1. The van der Waals surface area contributed by atoms with Crippen molar-refractivity contribution >= 4 is 23.3 Å². The van der Waals surface area contributed by atoms with E-state index in [1.165, 1.54) is 0 Å². The fourth-order valence-electron chi connectivity index (χ4n) is 1.41. The fourth-order valence-corrected chi connectivity index (χ4v) is 1.72. The average Bonchev–Trinajstić information content (AvgIpc) is 2.28. The molecule has 94 valence electrons. The molecule has 1 rings (SSSR count). The van der Waals surface area contributed by atoms with E-state index in [-0.39, 0.29) is 12.5 Å². The molecule has 0 spiro atoms. The van der Waals surface area contributed by atoms with Crippen LogP contribution in [-0.2, 0) is 9.53 Å². The van der Waals surface area contributed by atoms with Crippen LogP contribution in [0.25, 0.3) is 0 Å². The number of rotatable bonds is 5. The lowest BCUT2D eigenvalue weighted by molar-refractivity contribution is -0.141.